The van der Waals surface area contributed by atoms with Gasteiger partial charge in [0.1, 0.15) is 0 Å². The Morgan fingerprint density at radius 1 is 1.65 bits per heavy atom. The van der Waals surface area contributed by atoms with Gasteiger partial charge in [0.25, 0.3) is 0 Å². The van der Waals surface area contributed by atoms with Gasteiger partial charge in [0, 0.05) is 37.3 Å². The smallest absolute Gasteiger partial charge is 0.193 e. The van der Waals surface area contributed by atoms with Gasteiger partial charge in [-0.05, 0) is 18.8 Å². The van der Waals surface area contributed by atoms with Gasteiger partial charge in [-0.2, -0.15) is 0 Å². The quantitative estimate of drug-likeness (QED) is 0.880. The van der Waals surface area contributed by atoms with Crippen molar-refractivity contribution in [2.75, 3.05) is 7.11 Å². The summed E-state index contributed by atoms with van der Waals surface area (Å²) in [5, 5.41) is 2.04. The summed E-state index contributed by atoms with van der Waals surface area (Å²) in [6, 6.07) is 0.0529. The monoisotopic (exact) mass is 251 g/mol. The second kappa shape index (κ2) is 4.40. The van der Waals surface area contributed by atoms with Crippen LogP contribution < -0.4 is 5.73 Å². The lowest BCUT2D eigenvalue weighted by atomic mass is 10.0. The molecule has 92 valence electrons. The molecule has 1 aliphatic rings. The SMILES string of the molecule is COC(C(N)Cc1cn2ccsc2n1)C1CC1. The number of aromatic nitrogens is 2. The lowest BCUT2D eigenvalue weighted by Crippen LogP contribution is -2.39. The summed E-state index contributed by atoms with van der Waals surface area (Å²) in [5.41, 5.74) is 7.28. The molecule has 2 aromatic heterocycles. The topological polar surface area (TPSA) is 52.5 Å². The zero-order valence-electron chi connectivity index (χ0n) is 9.87. The molecular formula is C12H17N3OS. The van der Waals surface area contributed by atoms with Crippen LogP contribution in [0.4, 0.5) is 0 Å². The summed E-state index contributed by atoms with van der Waals surface area (Å²) in [6.45, 7) is 0. The zero-order valence-corrected chi connectivity index (χ0v) is 10.7. The fourth-order valence-corrected chi connectivity index (χ4v) is 3.09. The summed E-state index contributed by atoms with van der Waals surface area (Å²) in [4.78, 5) is 5.59. The van der Waals surface area contributed by atoms with Gasteiger partial charge in [-0.25, -0.2) is 4.98 Å². The van der Waals surface area contributed by atoms with Crippen LogP contribution in [0.2, 0.25) is 0 Å². The van der Waals surface area contributed by atoms with Gasteiger partial charge in [-0.15, -0.1) is 11.3 Å². The third kappa shape index (κ3) is 2.22. The third-order valence-electron chi connectivity index (χ3n) is 3.37. The molecule has 2 aromatic rings. The maximum atomic E-state index is 6.22. The van der Waals surface area contributed by atoms with E-state index in [0.29, 0.717) is 5.92 Å². The first-order valence-electron chi connectivity index (χ1n) is 5.97. The lowest BCUT2D eigenvalue weighted by molar-refractivity contribution is 0.0624. The van der Waals surface area contributed by atoms with Crippen molar-refractivity contribution in [2.45, 2.75) is 31.4 Å². The lowest BCUT2D eigenvalue weighted by Gasteiger charge is -2.21. The number of fused-ring (bicyclic) bond motifs is 1. The molecule has 2 unspecified atom stereocenters. The minimum atomic E-state index is 0.0529. The highest BCUT2D eigenvalue weighted by Crippen LogP contribution is 2.35. The van der Waals surface area contributed by atoms with Gasteiger partial charge in [0.2, 0.25) is 0 Å². The molecule has 0 aliphatic heterocycles. The second-order valence-electron chi connectivity index (χ2n) is 4.73. The molecule has 2 heterocycles. The first-order valence-corrected chi connectivity index (χ1v) is 6.85. The third-order valence-corrected chi connectivity index (χ3v) is 4.14. The molecule has 1 fully saturated rings. The number of rotatable bonds is 5. The number of nitrogens with two attached hydrogens (primary N) is 1. The first kappa shape index (κ1) is 11.2. The molecule has 2 N–H and O–H groups in total. The molecule has 0 spiro atoms. The van der Waals surface area contributed by atoms with E-state index in [-0.39, 0.29) is 12.1 Å². The standard InChI is InChI=1S/C12H17N3OS/c1-16-11(8-2-3-8)10(13)6-9-7-15-4-5-17-12(15)14-9/h4-5,7-8,10-11H,2-3,6,13H2,1H3. The molecule has 0 radical (unpaired) electrons. The van der Waals surface area contributed by atoms with Crippen molar-refractivity contribution in [2.24, 2.45) is 11.7 Å². The highest BCUT2D eigenvalue weighted by molar-refractivity contribution is 7.15. The van der Waals surface area contributed by atoms with Crippen LogP contribution in [0.25, 0.3) is 4.96 Å². The number of thiazole rings is 1. The molecule has 0 bridgehead atoms. The highest BCUT2D eigenvalue weighted by atomic mass is 32.1. The van der Waals surface area contributed by atoms with Crippen LogP contribution in [0.15, 0.2) is 17.8 Å². The fraction of sp³-hybridized carbons (Fsp3) is 0.583. The van der Waals surface area contributed by atoms with Gasteiger partial charge in [-0.3, -0.25) is 4.40 Å². The van der Waals surface area contributed by atoms with Crippen LogP contribution in [0, 0.1) is 5.92 Å². The summed E-state index contributed by atoms with van der Waals surface area (Å²) in [5.74, 6) is 0.665. The molecule has 5 heteroatoms. The van der Waals surface area contributed by atoms with E-state index in [1.807, 2.05) is 16.0 Å². The van der Waals surface area contributed by atoms with Gasteiger partial charge < -0.3 is 10.5 Å². The highest BCUT2D eigenvalue weighted by Gasteiger charge is 2.35. The summed E-state index contributed by atoms with van der Waals surface area (Å²) in [7, 11) is 1.76. The number of imidazole rings is 1. The van der Waals surface area contributed by atoms with E-state index in [2.05, 4.69) is 11.2 Å². The zero-order chi connectivity index (χ0) is 11.8. The Morgan fingerprint density at radius 2 is 2.47 bits per heavy atom. The molecule has 2 atom stereocenters. The van der Waals surface area contributed by atoms with Crippen molar-refractivity contribution in [1.29, 1.82) is 0 Å². The Morgan fingerprint density at radius 3 is 3.12 bits per heavy atom. The van der Waals surface area contributed by atoms with Crippen molar-refractivity contribution >= 4 is 16.3 Å². The molecule has 0 amide bonds. The predicted octanol–water partition coefficient (Wildman–Crippen LogP) is 1.69. The average Bonchev–Trinajstić information content (AvgIpc) is 2.89. The van der Waals surface area contributed by atoms with E-state index < -0.39 is 0 Å². The predicted molar refractivity (Wildman–Crippen MR) is 68.3 cm³/mol. The average molecular weight is 251 g/mol. The Balaban J connectivity index is 1.71. The maximum absolute atomic E-state index is 6.22. The number of ether oxygens (including phenoxy) is 1. The van der Waals surface area contributed by atoms with Crippen molar-refractivity contribution in [3.63, 3.8) is 0 Å². The number of hydrogen-bond acceptors (Lipinski definition) is 4. The Hall–Kier alpha value is -0.910. The van der Waals surface area contributed by atoms with Crippen LogP contribution >= 0.6 is 11.3 Å². The van der Waals surface area contributed by atoms with Crippen molar-refractivity contribution in [3.8, 4) is 0 Å². The van der Waals surface area contributed by atoms with Crippen LogP contribution in [0.5, 0.6) is 0 Å². The Kier molecular flexibility index (Phi) is 2.90. The molecule has 3 rings (SSSR count). The number of hydrogen-bond donors (Lipinski definition) is 1. The van der Waals surface area contributed by atoms with Crippen molar-refractivity contribution in [1.82, 2.24) is 9.38 Å². The molecule has 17 heavy (non-hydrogen) atoms. The summed E-state index contributed by atoms with van der Waals surface area (Å²) < 4.78 is 7.55. The first-order chi connectivity index (χ1) is 8.28. The van der Waals surface area contributed by atoms with E-state index in [9.17, 15) is 0 Å². The summed E-state index contributed by atoms with van der Waals surface area (Å²) in [6.07, 6.45) is 7.58. The number of nitrogens with zero attached hydrogens (tertiary/aromatic N) is 2. The second-order valence-corrected chi connectivity index (χ2v) is 5.60. The Bertz CT molecular complexity index is 474. The van der Waals surface area contributed by atoms with Crippen molar-refractivity contribution < 1.29 is 4.74 Å². The van der Waals surface area contributed by atoms with Crippen LogP contribution in [0.3, 0.4) is 0 Å². The van der Waals surface area contributed by atoms with Crippen molar-refractivity contribution in [3.05, 3.63) is 23.5 Å². The number of methoxy groups -OCH3 is 1. The minimum Gasteiger partial charge on any atom is -0.380 e. The molecule has 4 nitrogen and oxygen atoms in total. The van der Waals surface area contributed by atoms with E-state index >= 15 is 0 Å². The minimum absolute atomic E-state index is 0.0529. The van der Waals surface area contributed by atoms with Crippen LogP contribution in [0.1, 0.15) is 18.5 Å². The van der Waals surface area contributed by atoms with E-state index in [1.54, 1.807) is 18.4 Å². The van der Waals surface area contributed by atoms with E-state index in [0.717, 1.165) is 17.1 Å². The molecule has 0 saturated heterocycles. The summed E-state index contributed by atoms with van der Waals surface area (Å²) >= 11 is 1.65. The van der Waals surface area contributed by atoms with E-state index in [1.165, 1.54) is 12.8 Å². The van der Waals surface area contributed by atoms with Gasteiger partial charge >= 0.3 is 0 Å². The van der Waals surface area contributed by atoms with E-state index in [4.69, 9.17) is 10.5 Å². The van der Waals surface area contributed by atoms with Gasteiger partial charge in [-0.1, -0.05) is 0 Å². The largest absolute Gasteiger partial charge is 0.380 e. The molecular weight excluding hydrogens is 234 g/mol. The Labute approximate surface area is 104 Å². The molecule has 1 saturated carbocycles. The molecule has 0 aromatic carbocycles. The van der Waals surface area contributed by atoms with Gasteiger partial charge in [0.05, 0.1) is 11.8 Å². The fourth-order valence-electron chi connectivity index (χ4n) is 2.37. The molecule has 1 aliphatic carbocycles. The van der Waals surface area contributed by atoms with Crippen LogP contribution in [-0.2, 0) is 11.2 Å². The van der Waals surface area contributed by atoms with Gasteiger partial charge in [0.15, 0.2) is 4.96 Å². The van der Waals surface area contributed by atoms with Crippen LogP contribution in [-0.4, -0.2) is 28.6 Å². The maximum Gasteiger partial charge on any atom is 0.193 e. The normalized spacial score (nSPS) is 19.6.